The van der Waals surface area contributed by atoms with E-state index in [1.807, 2.05) is 61.6 Å². The number of halogens is 2. The van der Waals surface area contributed by atoms with Gasteiger partial charge in [-0.2, -0.15) is 0 Å². The largest absolute Gasteiger partial charge is 0.496 e. The van der Waals surface area contributed by atoms with Gasteiger partial charge in [0.1, 0.15) is 5.75 Å². The fraction of sp³-hybridized carbons (Fsp3) is 0.233. The van der Waals surface area contributed by atoms with Crippen molar-refractivity contribution in [1.82, 2.24) is 20.6 Å². The first-order valence-corrected chi connectivity index (χ1v) is 13.4. The fourth-order valence-electron chi connectivity index (χ4n) is 4.37. The molecule has 0 bridgehead atoms. The second-order valence-electron chi connectivity index (χ2n) is 8.93. The van der Waals surface area contributed by atoms with Crippen LogP contribution in [0.2, 0.25) is 10.0 Å². The highest BCUT2D eigenvalue weighted by atomic mass is 35.5. The first-order chi connectivity index (χ1) is 19.4. The molecule has 0 aliphatic rings. The lowest BCUT2D eigenvalue weighted by atomic mass is 9.99. The molecular weight excluding hydrogens is 551 g/mol. The van der Waals surface area contributed by atoms with Crippen molar-refractivity contribution in [2.75, 3.05) is 27.8 Å². The van der Waals surface area contributed by atoms with Gasteiger partial charge in [-0.1, -0.05) is 59.6 Å². The van der Waals surface area contributed by atoms with E-state index in [0.717, 1.165) is 33.4 Å². The van der Waals surface area contributed by atoms with Gasteiger partial charge < -0.3 is 25.2 Å². The lowest BCUT2D eigenvalue weighted by Crippen LogP contribution is -2.18. The molecule has 0 fully saturated rings. The van der Waals surface area contributed by atoms with Crippen LogP contribution in [0.4, 0.5) is 0 Å². The summed E-state index contributed by atoms with van der Waals surface area (Å²) in [4.78, 5) is 20.0. The van der Waals surface area contributed by atoms with Crippen LogP contribution in [0.5, 0.6) is 11.6 Å². The van der Waals surface area contributed by atoms with E-state index >= 15 is 0 Å². The molecule has 0 aliphatic carbocycles. The Morgan fingerprint density at radius 1 is 0.925 bits per heavy atom. The van der Waals surface area contributed by atoms with Gasteiger partial charge in [0.2, 0.25) is 5.88 Å². The standard InChI is InChI=1S/C30H30Cl2N4O4/c1-33-16-20-9-10-24(36-30(20)40-3)23-6-4-5-21(27(23)31)22-11-14-35-29(28(22)32)18-7-8-19(25(15-18)39-2)17-34-13-12-26(37)38/h4-11,14-15,33-34H,12-13,16-17H2,1-3H3,(H,37,38). The molecule has 10 heteroatoms. The molecule has 4 aromatic rings. The Morgan fingerprint density at radius 3 is 2.40 bits per heavy atom. The number of hydrogen-bond acceptors (Lipinski definition) is 7. The number of ether oxygens (including phenoxy) is 2. The Labute approximate surface area is 243 Å². The summed E-state index contributed by atoms with van der Waals surface area (Å²) in [5.74, 6) is 0.330. The number of aliphatic carboxylic acids is 1. The maximum absolute atomic E-state index is 10.8. The molecule has 8 nitrogen and oxygen atoms in total. The third-order valence-electron chi connectivity index (χ3n) is 6.35. The predicted octanol–water partition coefficient (Wildman–Crippen LogP) is 6.09. The first-order valence-electron chi connectivity index (χ1n) is 12.6. The number of carboxylic acid groups (broad SMARTS) is 1. The summed E-state index contributed by atoms with van der Waals surface area (Å²) < 4.78 is 11.1. The van der Waals surface area contributed by atoms with E-state index in [0.29, 0.717) is 52.7 Å². The van der Waals surface area contributed by atoms with Crippen LogP contribution in [0.1, 0.15) is 17.5 Å². The Bertz CT molecular complexity index is 1510. The molecule has 2 aromatic carbocycles. The number of methoxy groups -OCH3 is 2. The SMILES string of the molecule is CNCc1ccc(-c2cccc(-c3ccnc(-c4ccc(CNCCC(=O)O)c(OC)c4)c3Cl)c2Cl)nc1OC. The van der Waals surface area contributed by atoms with Gasteiger partial charge in [0.25, 0.3) is 0 Å². The molecule has 0 aliphatic heterocycles. The van der Waals surface area contributed by atoms with Crippen LogP contribution in [-0.4, -0.2) is 48.9 Å². The molecule has 0 spiro atoms. The average molecular weight is 582 g/mol. The normalized spacial score (nSPS) is 10.9. The fourth-order valence-corrected chi connectivity index (χ4v) is 5.02. The van der Waals surface area contributed by atoms with Gasteiger partial charge in [-0.25, -0.2) is 4.98 Å². The monoisotopic (exact) mass is 580 g/mol. The zero-order valence-corrected chi connectivity index (χ0v) is 23.9. The van der Waals surface area contributed by atoms with E-state index in [1.54, 1.807) is 20.4 Å². The number of rotatable bonds is 12. The van der Waals surface area contributed by atoms with Crippen molar-refractivity contribution in [3.8, 4) is 45.3 Å². The van der Waals surface area contributed by atoms with E-state index < -0.39 is 5.97 Å². The summed E-state index contributed by atoms with van der Waals surface area (Å²) in [6.45, 7) is 1.46. The third kappa shape index (κ3) is 6.54. The number of carbonyl (C=O) groups is 1. The summed E-state index contributed by atoms with van der Waals surface area (Å²) in [5, 5.41) is 16.0. The zero-order valence-electron chi connectivity index (χ0n) is 22.4. The second-order valence-corrected chi connectivity index (χ2v) is 9.69. The van der Waals surface area contributed by atoms with Crippen LogP contribution in [-0.2, 0) is 17.9 Å². The molecule has 4 rings (SSSR count). The number of nitrogens with zero attached hydrogens (tertiary/aromatic N) is 2. The smallest absolute Gasteiger partial charge is 0.304 e. The van der Waals surface area contributed by atoms with Crippen LogP contribution >= 0.6 is 23.2 Å². The molecule has 40 heavy (non-hydrogen) atoms. The van der Waals surface area contributed by atoms with Crippen molar-refractivity contribution >= 4 is 29.2 Å². The maximum Gasteiger partial charge on any atom is 0.304 e. The van der Waals surface area contributed by atoms with E-state index in [1.165, 1.54) is 0 Å². The number of carboxylic acids is 1. The van der Waals surface area contributed by atoms with Crippen LogP contribution in [0.15, 0.2) is 60.8 Å². The van der Waals surface area contributed by atoms with Gasteiger partial charge in [-0.05, 0) is 25.2 Å². The quantitative estimate of drug-likeness (QED) is 0.173. The predicted molar refractivity (Wildman–Crippen MR) is 158 cm³/mol. The molecule has 0 saturated carbocycles. The number of pyridine rings is 2. The van der Waals surface area contributed by atoms with Gasteiger partial charge in [0.15, 0.2) is 0 Å². The minimum atomic E-state index is -0.848. The molecule has 0 amide bonds. The highest BCUT2D eigenvalue weighted by Gasteiger charge is 2.18. The molecule has 0 radical (unpaired) electrons. The van der Waals surface area contributed by atoms with Crippen molar-refractivity contribution in [2.24, 2.45) is 0 Å². The van der Waals surface area contributed by atoms with Crippen LogP contribution in [0, 0.1) is 0 Å². The van der Waals surface area contributed by atoms with E-state index in [4.69, 9.17) is 37.8 Å². The highest BCUT2D eigenvalue weighted by Crippen LogP contribution is 2.42. The van der Waals surface area contributed by atoms with Gasteiger partial charge >= 0.3 is 5.97 Å². The van der Waals surface area contributed by atoms with Gasteiger partial charge in [-0.15, -0.1) is 0 Å². The lowest BCUT2D eigenvalue weighted by Gasteiger charge is -2.15. The summed E-state index contributed by atoms with van der Waals surface area (Å²) in [6, 6.07) is 17.2. The van der Waals surface area contributed by atoms with Gasteiger partial charge in [0.05, 0.1) is 42.1 Å². The molecule has 3 N–H and O–H groups in total. The minimum absolute atomic E-state index is 0.0434. The molecule has 2 heterocycles. The number of hydrogen-bond donors (Lipinski definition) is 3. The second kappa shape index (κ2) is 13.6. The van der Waals surface area contributed by atoms with E-state index in [-0.39, 0.29) is 6.42 Å². The first kappa shape index (κ1) is 29.3. The topological polar surface area (TPSA) is 106 Å². The third-order valence-corrected chi connectivity index (χ3v) is 7.14. The van der Waals surface area contributed by atoms with E-state index in [2.05, 4.69) is 20.6 Å². The highest BCUT2D eigenvalue weighted by molar-refractivity contribution is 6.39. The van der Waals surface area contributed by atoms with Crippen molar-refractivity contribution in [3.63, 3.8) is 0 Å². The van der Waals surface area contributed by atoms with Crippen molar-refractivity contribution in [3.05, 3.63) is 82.0 Å². The molecular formula is C30H30Cl2N4O4. The summed E-state index contributed by atoms with van der Waals surface area (Å²) in [6.07, 6.45) is 1.74. The molecule has 0 saturated heterocycles. The molecule has 0 unspecified atom stereocenters. The zero-order chi connectivity index (χ0) is 28.6. The Morgan fingerprint density at radius 2 is 1.68 bits per heavy atom. The van der Waals surface area contributed by atoms with Crippen molar-refractivity contribution in [1.29, 1.82) is 0 Å². The molecule has 0 atom stereocenters. The van der Waals surface area contributed by atoms with Crippen LogP contribution in [0.25, 0.3) is 33.6 Å². The van der Waals surface area contributed by atoms with Crippen LogP contribution in [0.3, 0.4) is 0 Å². The number of aromatic nitrogens is 2. The van der Waals surface area contributed by atoms with E-state index in [9.17, 15) is 4.79 Å². The van der Waals surface area contributed by atoms with Crippen molar-refractivity contribution < 1.29 is 19.4 Å². The minimum Gasteiger partial charge on any atom is -0.496 e. The Balaban J connectivity index is 1.68. The Kier molecular flexibility index (Phi) is 9.95. The number of benzene rings is 2. The van der Waals surface area contributed by atoms with Gasteiger partial charge in [-0.3, -0.25) is 9.78 Å². The summed E-state index contributed by atoms with van der Waals surface area (Å²) in [5.41, 5.74) is 6.12. The Hall–Kier alpha value is -3.69. The van der Waals surface area contributed by atoms with Gasteiger partial charge in [0, 0.05) is 59.2 Å². The van der Waals surface area contributed by atoms with Crippen LogP contribution < -0.4 is 20.1 Å². The van der Waals surface area contributed by atoms with Crippen molar-refractivity contribution in [2.45, 2.75) is 19.5 Å². The molecule has 208 valence electrons. The molecule has 2 aromatic heterocycles. The lowest BCUT2D eigenvalue weighted by molar-refractivity contribution is -0.136. The maximum atomic E-state index is 10.8. The summed E-state index contributed by atoms with van der Waals surface area (Å²) in [7, 11) is 5.05. The average Bonchev–Trinajstić information content (AvgIpc) is 2.96. The number of nitrogens with one attached hydrogen (secondary N) is 2. The summed E-state index contributed by atoms with van der Waals surface area (Å²) >= 11 is 13.9.